The zero-order chi connectivity index (χ0) is 20.7. The van der Waals surface area contributed by atoms with Crippen molar-refractivity contribution < 1.29 is 14.3 Å². The van der Waals surface area contributed by atoms with Crippen LogP contribution in [0.4, 0.5) is 0 Å². The summed E-state index contributed by atoms with van der Waals surface area (Å²) in [5.41, 5.74) is 3.28. The summed E-state index contributed by atoms with van der Waals surface area (Å²) in [4.78, 5) is 30.4. The number of hydrogen-bond acceptors (Lipinski definition) is 4. The van der Waals surface area contributed by atoms with Gasteiger partial charge in [-0.05, 0) is 45.0 Å². The highest BCUT2D eigenvalue weighted by molar-refractivity contribution is 6.00. The van der Waals surface area contributed by atoms with Crippen LogP contribution in [-0.4, -0.2) is 48.0 Å². The maximum atomic E-state index is 12.8. The van der Waals surface area contributed by atoms with E-state index in [9.17, 15) is 9.59 Å². The van der Waals surface area contributed by atoms with Gasteiger partial charge < -0.3 is 15.0 Å². The summed E-state index contributed by atoms with van der Waals surface area (Å²) in [6, 6.07) is 10.3. The number of esters is 1. The van der Waals surface area contributed by atoms with Crippen molar-refractivity contribution in [1.82, 2.24) is 15.2 Å². The molecule has 0 saturated heterocycles. The fourth-order valence-corrected chi connectivity index (χ4v) is 3.56. The molecule has 2 N–H and O–H groups in total. The molecule has 2 aromatic rings. The van der Waals surface area contributed by atoms with Crippen LogP contribution in [0, 0.1) is 13.8 Å². The molecule has 0 spiro atoms. The first-order valence-electron chi connectivity index (χ1n) is 9.87. The van der Waals surface area contributed by atoms with Crippen molar-refractivity contribution in [1.29, 1.82) is 0 Å². The number of carbonyl (C=O) groups excluding carboxylic acids is 2. The first kappa shape index (κ1) is 21.7. The van der Waals surface area contributed by atoms with E-state index in [2.05, 4.69) is 41.2 Å². The monoisotopic (exact) mass is 385 g/mol. The molecule has 6 nitrogen and oxygen atoms in total. The Kier molecular flexibility index (Phi) is 7.81. The molecule has 0 bridgehead atoms. The van der Waals surface area contributed by atoms with E-state index >= 15 is 0 Å². The Bertz CT molecular complexity index is 795. The third-order valence-electron chi connectivity index (χ3n) is 5.04. The van der Waals surface area contributed by atoms with Crippen LogP contribution in [0.1, 0.15) is 64.5 Å². The lowest BCUT2D eigenvalue weighted by molar-refractivity contribution is 0.0525. The fourth-order valence-electron chi connectivity index (χ4n) is 3.56. The van der Waals surface area contributed by atoms with Crippen molar-refractivity contribution in [3.8, 4) is 0 Å². The standard InChI is InChI=1S/C22H31N3O3/c1-6-25(7-2)18(17-12-10-9-11-13-17)14-23-21(26)20-15(4)19(16(5)24-20)22(27)28-8-3/h9-13,18,24H,6-8,14H2,1-5H3,(H,23,26). The van der Waals surface area contributed by atoms with Crippen LogP contribution < -0.4 is 5.32 Å². The van der Waals surface area contributed by atoms with E-state index < -0.39 is 5.97 Å². The van der Waals surface area contributed by atoms with Gasteiger partial charge in [0.15, 0.2) is 0 Å². The van der Waals surface area contributed by atoms with E-state index in [1.54, 1.807) is 20.8 Å². The van der Waals surface area contributed by atoms with E-state index in [-0.39, 0.29) is 11.9 Å². The van der Waals surface area contributed by atoms with Crippen LogP contribution in [0.15, 0.2) is 30.3 Å². The molecular weight excluding hydrogens is 354 g/mol. The van der Waals surface area contributed by atoms with E-state index in [4.69, 9.17) is 4.74 Å². The van der Waals surface area contributed by atoms with Gasteiger partial charge in [-0.15, -0.1) is 0 Å². The molecule has 0 saturated carbocycles. The Morgan fingerprint density at radius 3 is 2.32 bits per heavy atom. The molecule has 1 aromatic carbocycles. The molecule has 0 aliphatic rings. The second kappa shape index (κ2) is 10.1. The molecule has 0 radical (unpaired) electrons. The van der Waals surface area contributed by atoms with Gasteiger partial charge in [-0.25, -0.2) is 4.79 Å². The molecular formula is C22H31N3O3. The van der Waals surface area contributed by atoms with Crippen LogP contribution in [0.3, 0.4) is 0 Å². The van der Waals surface area contributed by atoms with Gasteiger partial charge in [0.1, 0.15) is 5.69 Å². The van der Waals surface area contributed by atoms with Crippen molar-refractivity contribution in [3.63, 3.8) is 0 Å². The first-order valence-corrected chi connectivity index (χ1v) is 9.87. The van der Waals surface area contributed by atoms with Crippen LogP contribution in [0.5, 0.6) is 0 Å². The third-order valence-corrected chi connectivity index (χ3v) is 5.04. The number of nitrogens with one attached hydrogen (secondary N) is 2. The number of carbonyl (C=O) groups is 2. The molecule has 2 rings (SSSR count). The van der Waals surface area contributed by atoms with Gasteiger partial charge in [-0.1, -0.05) is 44.2 Å². The highest BCUT2D eigenvalue weighted by Crippen LogP contribution is 2.21. The van der Waals surface area contributed by atoms with Gasteiger partial charge in [0.2, 0.25) is 0 Å². The highest BCUT2D eigenvalue weighted by Gasteiger charge is 2.24. The number of aromatic nitrogens is 1. The van der Waals surface area contributed by atoms with Crippen molar-refractivity contribution in [2.75, 3.05) is 26.2 Å². The van der Waals surface area contributed by atoms with Crippen LogP contribution in [0.2, 0.25) is 0 Å². The number of H-pyrrole nitrogens is 1. The molecule has 1 atom stereocenters. The van der Waals surface area contributed by atoms with Crippen molar-refractivity contribution in [2.45, 2.75) is 40.7 Å². The van der Waals surface area contributed by atoms with Gasteiger partial charge in [0, 0.05) is 12.2 Å². The number of rotatable bonds is 9. The number of likely N-dealkylation sites (N-methyl/N-ethyl adjacent to an activating group) is 1. The zero-order valence-electron chi connectivity index (χ0n) is 17.5. The topological polar surface area (TPSA) is 74.4 Å². The van der Waals surface area contributed by atoms with Crippen molar-refractivity contribution >= 4 is 11.9 Å². The van der Waals surface area contributed by atoms with Crippen molar-refractivity contribution in [2.24, 2.45) is 0 Å². The summed E-state index contributed by atoms with van der Waals surface area (Å²) in [6.45, 7) is 12.1. The lowest BCUT2D eigenvalue weighted by Gasteiger charge is -2.30. The molecule has 28 heavy (non-hydrogen) atoms. The number of ether oxygens (including phenoxy) is 1. The second-order valence-corrected chi connectivity index (χ2v) is 6.70. The quantitative estimate of drug-likeness (QED) is 0.647. The minimum atomic E-state index is -0.405. The number of aromatic amines is 1. The predicted octanol–water partition coefficient (Wildman–Crippen LogP) is 3.62. The average molecular weight is 386 g/mol. The summed E-state index contributed by atoms with van der Waals surface area (Å²) in [6.07, 6.45) is 0. The predicted molar refractivity (Wildman–Crippen MR) is 111 cm³/mol. The fraction of sp³-hybridized carbons (Fsp3) is 0.455. The Morgan fingerprint density at radius 1 is 1.11 bits per heavy atom. The Morgan fingerprint density at radius 2 is 1.75 bits per heavy atom. The van der Waals surface area contributed by atoms with Gasteiger partial charge in [0.25, 0.3) is 5.91 Å². The van der Waals surface area contributed by atoms with Crippen LogP contribution >= 0.6 is 0 Å². The van der Waals surface area contributed by atoms with Gasteiger partial charge >= 0.3 is 5.97 Å². The van der Waals surface area contributed by atoms with Crippen molar-refractivity contribution in [3.05, 3.63) is 58.4 Å². The molecule has 0 aliphatic carbocycles. The molecule has 1 amide bonds. The maximum Gasteiger partial charge on any atom is 0.340 e. The Balaban J connectivity index is 2.19. The Labute approximate surface area is 167 Å². The normalized spacial score (nSPS) is 12.1. The number of hydrogen-bond donors (Lipinski definition) is 2. The largest absolute Gasteiger partial charge is 0.462 e. The lowest BCUT2D eigenvalue weighted by atomic mass is 10.0. The van der Waals surface area contributed by atoms with Crippen LogP contribution in [0.25, 0.3) is 0 Å². The molecule has 1 aromatic heterocycles. The summed E-state index contributed by atoms with van der Waals surface area (Å²) in [7, 11) is 0. The van der Waals surface area contributed by atoms with Gasteiger partial charge in [-0.3, -0.25) is 9.69 Å². The SMILES string of the molecule is CCOC(=O)c1c(C)[nH]c(C(=O)NCC(c2ccccc2)N(CC)CC)c1C. The van der Waals surface area contributed by atoms with E-state index in [1.807, 2.05) is 18.2 Å². The highest BCUT2D eigenvalue weighted by atomic mass is 16.5. The number of benzene rings is 1. The van der Waals surface area contributed by atoms with Crippen LogP contribution in [-0.2, 0) is 4.74 Å². The van der Waals surface area contributed by atoms with E-state index in [0.717, 1.165) is 18.7 Å². The maximum absolute atomic E-state index is 12.8. The molecule has 1 heterocycles. The van der Waals surface area contributed by atoms with Gasteiger partial charge in [0.05, 0.1) is 18.2 Å². The van der Waals surface area contributed by atoms with Gasteiger partial charge in [-0.2, -0.15) is 0 Å². The average Bonchev–Trinajstić information content (AvgIpc) is 3.00. The van der Waals surface area contributed by atoms with E-state index in [1.165, 1.54) is 0 Å². The number of amides is 1. The summed E-state index contributed by atoms with van der Waals surface area (Å²) >= 11 is 0. The summed E-state index contributed by atoms with van der Waals surface area (Å²) in [5.74, 6) is -0.623. The summed E-state index contributed by atoms with van der Waals surface area (Å²) < 4.78 is 5.10. The minimum absolute atomic E-state index is 0.0843. The Hall–Kier alpha value is -2.60. The molecule has 6 heteroatoms. The second-order valence-electron chi connectivity index (χ2n) is 6.70. The minimum Gasteiger partial charge on any atom is -0.462 e. The smallest absolute Gasteiger partial charge is 0.340 e. The molecule has 0 aliphatic heterocycles. The molecule has 1 unspecified atom stereocenters. The number of nitrogens with zero attached hydrogens (tertiary/aromatic N) is 1. The van der Waals surface area contributed by atoms with E-state index in [0.29, 0.717) is 35.7 Å². The third kappa shape index (κ3) is 4.81. The first-order chi connectivity index (χ1) is 13.4. The summed E-state index contributed by atoms with van der Waals surface area (Å²) in [5, 5.41) is 3.03. The zero-order valence-corrected chi connectivity index (χ0v) is 17.5. The number of aryl methyl sites for hydroxylation is 1. The molecule has 0 fully saturated rings. The lowest BCUT2D eigenvalue weighted by Crippen LogP contribution is -2.38. The molecule has 152 valence electrons.